The summed E-state index contributed by atoms with van der Waals surface area (Å²) < 4.78 is 5.55. The van der Waals surface area contributed by atoms with E-state index in [0.29, 0.717) is 6.61 Å². The number of ether oxygens (including phenoxy) is 1. The summed E-state index contributed by atoms with van der Waals surface area (Å²) in [7, 11) is 0. The molecule has 2 N–H and O–H groups in total. The minimum Gasteiger partial charge on any atom is -0.492 e. The third-order valence-electron chi connectivity index (χ3n) is 2.41. The normalized spacial score (nSPS) is 10.2. The molecule has 0 saturated carbocycles. The van der Waals surface area contributed by atoms with E-state index in [1.807, 2.05) is 36.5 Å². The highest BCUT2D eigenvalue weighted by Crippen LogP contribution is 2.24. The summed E-state index contributed by atoms with van der Waals surface area (Å²) in [4.78, 5) is 4.18. The Bertz CT molecular complexity index is 497. The van der Waals surface area contributed by atoms with Crippen LogP contribution in [0.15, 0.2) is 42.7 Å². The number of rotatable bonds is 4. The van der Waals surface area contributed by atoms with Gasteiger partial charge in [0.15, 0.2) is 0 Å². The van der Waals surface area contributed by atoms with Gasteiger partial charge in [0.2, 0.25) is 0 Å². The average Bonchev–Trinajstić information content (AvgIpc) is 2.37. The Morgan fingerprint density at radius 2 is 2.06 bits per heavy atom. The van der Waals surface area contributed by atoms with Gasteiger partial charge < -0.3 is 10.5 Å². The van der Waals surface area contributed by atoms with Crippen molar-refractivity contribution in [1.29, 1.82) is 0 Å². The van der Waals surface area contributed by atoms with Crippen LogP contribution in [0.3, 0.4) is 0 Å². The van der Waals surface area contributed by atoms with Crippen LogP contribution in [0.1, 0.15) is 13.3 Å². The Labute approximate surface area is 101 Å². The van der Waals surface area contributed by atoms with Crippen molar-refractivity contribution in [3.05, 3.63) is 42.7 Å². The molecular weight excluding hydrogens is 212 g/mol. The van der Waals surface area contributed by atoms with E-state index in [9.17, 15) is 0 Å². The van der Waals surface area contributed by atoms with E-state index in [1.54, 1.807) is 6.20 Å². The number of pyridine rings is 1. The second-order valence-corrected chi connectivity index (χ2v) is 3.88. The number of aromatic nitrogens is 1. The number of nitrogens with two attached hydrogens (primary N) is 1. The maximum absolute atomic E-state index is 5.76. The predicted molar refractivity (Wildman–Crippen MR) is 69.9 cm³/mol. The molecule has 3 heteroatoms. The minimum atomic E-state index is 0.710. The molecule has 0 bridgehead atoms. The summed E-state index contributed by atoms with van der Waals surface area (Å²) in [6.07, 6.45) is 4.53. The van der Waals surface area contributed by atoms with Crippen molar-refractivity contribution in [1.82, 2.24) is 4.98 Å². The highest BCUT2D eigenvalue weighted by atomic mass is 16.5. The van der Waals surface area contributed by atoms with Crippen molar-refractivity contribution in [3.63, 3.8) is 0 Å². The molecule has 17 heavy (non-hydrogen) atoms. The van der Waals surface area contributed by atoms with Crippen LogP contribution in [0, 0.1) is 0 Å². The van der Waals surface area contributed by atoms with Gasteiger partial charge in [-0.2, -0.15) is 0 Å². The molecule has 1 heterocycles. The van der Waals surface area contributed by atoms with Gasteiger partial charge in [-0.1, -0.05) is 19.1 Å². The summed E-state index contributed by atoms with van der Waals surface area (Å²) in [6, 6.07) is 9.73. The number of hydrogen-bond donors (Lipinski definition) is 1. The van der Waals surface area contributed by atoms with Crippen LogP contribution in [0.5, 0.6) is 5.75 Å². The molecule has 0 amide bonds. The van der Waals surface area contributed by atoms with E-state index in [2.05, 4.69) is 11.9 Å². The Kier molecular flexibility index (Phi) is 3.60. The van der Waals surface area contributed by atoms with Crippen LogP contribution < -0.4 is 10.5 Å². The van der Waals surface area contributed by atoms with E-state index in [4.69, 9.17) is 10.5 Å². The lowest BCUT2D eigenvalue weighted by molar-refractivity contribution is 0.316. The van der Waals surface area contributed by atoms with Crippen molar-refractivity contribution in [3.8, 4) is 16.9 Å². The molecule has 0 aliphatic heterocycles. The SMILES string of the molecule is CCCOc1cncc(-c2cccc(N)c2)c1. The molecule has 0 unspecified atom stereocenters. The fourth-order valence-corrected chi connectivity index (χ4v) is 1.59. The van der Waals surface area contributed by atoms with Gasteiger partial charge in [-0.15, -0.1) is 0 Å². The highest BCUT2D eigenvalue weighted by molar-refractivity contribution is 5.67. The second kappa shape index (κ2) is 5.34. The van der Waals surface area contributed by atoms with Crippen LogP contribution in [-0.4, -0.2) is 11.6 Å². The quantitative estimate of drug-likeness (QED) is 0.818. The summed E-state index contributed by atoms with van der Waals surface area (Å²) in [5.41, 5.74) is 8.59. The third-order valence-corrected chi connectivity index (χ3v) is 2.41. The fourth-order valence-electron chi connectivity index (χ4n) is 1.59. The Morgan fingerprint density at radius 1 is 1.18 bits per heavy atom. The summed E-state index contributed by atoms with van der Waals surface area (Å²) in [5, 5.41) is 0. The van der Waals surface area contributed by atoms with Crippen LogP contribution in [0.2, 0.25) is 0 Å². The number of nitrogens with zero attached hydrogens (tertiary/aromatic N) is 1. The number of nitrogen functional groups attached to an aromatic ring is 1. The van der Waals surface area contributed by atoms with Crippen LogP contribution >= 0.6 is 0 Å². The molecule has 88 valence electrons. The minimum absolute atomic E-state index is 0.710. The zero-order valence-electron chi connectivity index (χ0n) is 9.89. The van der Waals surface area contributed by atoms with Gasteiger partial charge in [0.25, 0.3) is 0 Å². The van der Waals surface area contributed by atoms with Crippen molar-refractivity contribution in [2.24, 2.45) is 0 Å². The average molecular weight is 228 g/mol. The fraction of sp³-hybridized carbons (Fsp3) is 0.214. The van der Waals surface area contributed by atoms with E-state index in [-0.39, 0.29) is 0 Å². The molecule has 0 aliphatic carbocycles. The van der Waals surface area contributed by atoms with E-state index in [0.717, 1.165) is 29.0 Å². The van der Waals surface area contributed by atoms with Crippen LogP contribution in [0.25, 0.3) is 11.1 Å². The zero-order valence-corrected chi connectivity index (χ0v) is 9.89. The maximum Gasteiger partial charge on any atom is 0.138 e. The van der Waals surface area contributed by atoms with E-state index < -0.39 is 0 Å². The molecular formula is C14H16N2O. The Morgan fingerprint density at radius 3 is 2.82 bits per heavy atom. The predicted octanol–water partition coefficient (Wildman–Crippen LogP) is 3.12. The van der Waals surface area contributed by atoms with Gasteiger partial charge in [-0.05, 0) is 30.2 Å². The Balaban J connectivity index is 2.26. The van der Waals surface area contributed by atoms with Crippen molar-refractivity contribution in [2.45, 2.75) is 13.3 Å². The molecule has 0 spiro atoms. The van der Waals surface area contributed by atoms with Gasteiger partial charge in [-0.3, -0.25) is 4.98 Å². The number of hydrogen-bond acceptors (Lipinski definition) is 3. The molecule has 2 aromatic rings. The van der Waals surface area contributed by atoms with Gasteiger partial charge >= 0.3 is 0 Å². The molecule has 1 aromatic heterocycles. The highest BCUT2D eigenvalue weighted by Gasteiger charge is 2.01. The van der Waals surface area contributed by atoms with Crippen molar-refractivity contribution >= 4 is 5.69 Å². The molecule has 0 fully saturated rings. The second-order valence-electron chi connectivity index (χ2n) is 3.88. The smallest absolute Gasteiger partial charge is 0.138 e. The summed E-state index contributed by atoms with van der Waals surface area (Å²) in [5.74, 6) is 0.798. The van der Waals surface area contributed by atoms with Gasteiger partial charge in [0, 0.05) is 17.4 Å². The molecule has 0 saturated heterocycles. The van der Waals surface area contributed by atoms with Crippen molar-refractivity contribution in [2.75, 3.05) is 12.3 Å². The van der Waals surface area contributed by atoms with Crippen LogP contribution in [0.4, 0.5) is 5.69 Å². The van der Waals surface area contributed by atoms with Crippen LogP contribution in [-0.2, 0) is 0 Å². The standard InChI is InChI=1S/C14H16N2O/c1-2-6-17-14-8-12(9-16-10-14)11-4-3-5-13(15)7-11/h3-5,7-10H,2,6,15H2,1H3. The van der Waals surface area contributed by atoms with E-state index in [1.165, 1.54) is 0 Å². The first-order valence-corrected chi connectivity index (χ1v) is 5.73. The first-order chi connectivity index (χ1) is 8.29. The summed E-state index contributed by atoms with van der Waals surface area (Å²) >= 11 is 0. The number of benzene rings is 1. The largest absolute Gasteiger partial charge is 0.492 e. The molecule has 2 rings (SSSR count). The first-order valence-electron chi connectivity index (χ1n) is 5.73. The maximum atomic E-state index is 5.76. The molecule has 0 radical (unpaired) electrons. The zero-order chi connectivity index (χ0) is 12.1. The lowest BCUT2D eigenvalue weighted by Crippen LogP contribution is -1.95. The van der Waals surface area contributed by atoms with Gasteiger partial charge in [0.05, 0.1) is 12.8 Å². The molecule has 0 atom stereocenters. The lowest BCUT2D eigenvalue weighted by Gasteiger charge is -2.07. The molecule has 1 aromatic carbocycles. The van der Waals surface area contributed by atoms with Gasteiger partial charge in [0.1, 0.15) is 5.75 Å². The summed E-state index contributed by atoms with van der Waals surface area (Å²) in [6.45, 7) is 2.79. The monoisotopic (exact) mass is 228 g/mol. The number of anilines is 1. The topological polar surface area (TPSA) is 48.1 Å². The van der Waals surface area contributed by atoms with Gasteiger partial charge in [-0.25, -0.2) is 0 Å². The van der Waals surface area contributed by atoms with Crippen molar-refractivity contribution < 1.29 is 4.74 Å². The van der Waals surface area contributed by atoms with E-state index >= 15 is 0 Å². The third kappa shape index (κ3) is 2.97. The lowest BCUT2D eigenvalue weighted by atomic mass is 10.1. The Hall–Kier alpha value is -2.03. The molecule has 3 nitrogen and oxygen atoms in total. The first kappa shape index (κ1) is 11.5. The molecule has 0 aliphatic rings.